The minimum Gasteiger partial charge on any atom is -0.465 e. The van der Waals surface area contributed by atoms with Gasteiger partial charge in [-0.3, -0.25) is 4.79 Å². The Balaban J connectivity index is 1.98. The molecule has 0 atom stereocenters. The number of aryl methyl sites for hydroxylation is 1. The summed E-state index contributed by atoms with van der Waals surface area (Å²) in [5.41, 5.74) is 4.27. The number of carbonyl (C=O) groups excluding carboxylic acids is 2. The molecule has 22 heavy (non-hydrogen) atoms. The van der Waals surface area contributed by atoms with Crippen LogP contribution < -0.4 is 5.43 Å². The molecule has 2 aromatic rings. The molecule has 0 unspecified atom stereocenters. The molecule has 0 fully saturated rings. The van der Waals surface area contributed by atoms with Gasteiger partial charge in [0.15, 0.2) is 0 Å². The van der Waals surface area contributed by atoms with E-state index in [9.17, 15) is 9.59 Å². The van der Waals surface area contributed by atoms with Crippen molar-refractivity contribution in [3.63, 3.8) is 0 Å². The number of hydrogen-bond donors (Lipinski definition) is 1. The molecule has 0 saturated heterocycles. The van der Waals surface area contributed by atoms with E-state index < -0.39 is 5.97 Å². The average molecular weight is 317 g/mol. The lowest BCUT2D eigenvalue weighted by atomic mass is 10.1. The predicted molar refractivity (Wildman–Crippen MR) is 84.1 cm³/mol. The Bertz CT molecular complexity index is 710. The van der Waals surface area contributed by atoms with Crippen molar-refractivity contribution in [2.45, 2.75) is 13.3 Å². The number of benzene rings is 1. The summed E-state index contributed by atoms with van der Waals surface area (Å²) in [7, 11) is 1.31. The average Bonchev–Trinajstić information content (AvgIpc) is 2.92. The van der Waals surface area contributed by atoms with E-state index in [1.807, 2.05) is 12.3 Å². The second kappa shape index (κ2) is 7.46. The summed E-state index contributed by atoms with van der Waals surface area (Å²) in [5, 5.41) is 6.49. The highest BCUT2D eigenvalue weighted by Gasteiger charge is 2.09. The van der Waals surface area contributed by atoms with Gasteiger partial charge < -0.3 is 4.74 Å². The molecule has 0 radical (unpaired) electrons. The first-order valence-electron chi connectivity index (χ1n) is 6.50. The maximum atomic E-state index is 11.7. The summed E-state index contributed by atoms with van der Waals surface area (Å²) < 4.78 is 4.69. The Morgan fingerprint density at radius 1 is 1.41 bits per heavy atom. The first-order valence-corrected chi connectivity index (χ1v) is 7.38. The number of hydrazone groups is 1. The first kappa shape index (κ1) is 15.8. The third-order valence-corrected chi connectivity index (χ3v) is 3.70. The summed E-state index contributed by atoms with van der Waals surface area (Å²) in [4.78, 5) is 27.5. The second-order valence-electron chi connectivity index (χ2n) is 4.43. The molecule has 1 heterocycles. The van der Waals surface area contributed by atoms with Crippen LogP contribution in [0.5, 0.6) is 0 Å². The van der Waals surface area contributed by atoms with Gasteiger partial charge in [-0.1, -0.05) is 18.2 Å². The Morgan fingerprint density at radius 3 is 2.86 bits per heavy atom. The van der Waals surface area contributed by atoms with Crippen LogP contribution in [0.25, 0.3) is 0 Å². The minimum atomic E-state index is -0.452. The van der Waals surface area contributed by atoms with E-state index in [0.717, 1.165) is 10.7 Å². The van der Waals surface area contributed by atoms with Crippen molar-refractivity contribution in [1.29, 1.82) is 0 Å². The molecule has 0 saturated carbocycles. The van der Waals surface area contributed by atoms with Crippen LogP contribution in [-0.4, -0.2) is 30.2 Å². The predicted octanol–water partition coefficient (Wildman–Crippen LogP) is 1.93. The molecule has 0 aliphatic carbocycles. The number of ether oxygens (including phenoxy) is 1. The highest BCUT2D eigenvalue weighted by atomic mass is 32.1. The zero-order valence-corrected chi connectivity index (χ0v) is 13.0. The van der Waals surface area contributed by atoms with Crippen molar-refractivity contribution in [2.24, 2.45) is 5.10 Å². The molecule has 2 rings (SSSR count). The van der Waals surface area contributed by atoms with E-state index in [0.29, 0.717) is 11.1 Å². The molecule has 1 aromatic carbocycles. The fraction of sp³-hybridized carbons (Fsp3) is 0.200. The molecule has 7 heteroatoms. The highest BCUT2D eigenvalue weighted by Crippen LogP contribution is 2.09. The molecular weight excluding hydrogens is 302 g/mol. The largest absolute Gasteiger partial charge is 0.465 e. The van der Waals surface area contributed by atoms with E-state index >= 15 is 0 Å². The maximum Gasteiger partial charge on any atom is 0.338 e. The number of carbonyl (C=O) groups is 2. The smallest absolute Gasteiger partial charge is 0.338 e. The number of aromatic nitrogens is 1. The topological polar surface area (TPSA) is 80.6 Å². The van der Waals surface area contributed by atoms with Gasteiger partial charge in [0.05, 0.1) is 25.3 Å². The van der Waals surface area contributed by atoms with Gasteiger partial charge in [-0.25, -0.2) is 15.2 Å². The zero-order chi connectivity index (χ0) is 15.9. The number of nitrogens with one attached hydrogen (secondary N) is 1. The van der Waals surface area contributed by atoms with Crippen LogP contribution in [-0.2, 0) is 16.0 Å². The Labute approximate surface area is 131 Å². The van der Waals surface area contributed by atoms with Crippen LogP contribution in [0.1, 0.15) is 26.6 Å². The van der Waals surface area contributed by atoms with Gasteiger partial charge in [0.1, 0.15) is 5.01 Å². The summed E-state index contributed by atoms with van der Waals surface area (Å²) in [6, 6.07) is 6.85. The maximum absolute atomic E-state index is 11.7. The van der Waals surface area contributed by atoms with Gasteiger partial charge >= 0.3 is 5.97 Å². The van der Waals surface area contributed by atoms with Crippen molar-refractivity contribution in [3.05, 3.63) is 51.5 Å². The molecule has 0 spiro atoms. The van der Waals surface area contributed by atoms with Gasteiger partial charge in [-0.05, 0) is 13.0 Å². The Hall–Kier alpha value is -2.54. The standard InChI is InChI=1S/C15H15N3O3S/c1-10-9-22-14(17-10)7-13(19)18-16-8-11-5-3-4-6-12(11)15(20)21-2/h3-6,8-9H,7H2,1-2H3,(H,18,19)/b16-8-. The van der Waals surface area contributed by atoms with Gasteiger partial charge in [-0.15, -0.1) is 11.3 Å². The third-order valence-electron chi connectivity index (χ3n) is 2.74. The van der Waals surface area contributed by atoms with Gasteiger partial charge in [0.2, 0.25) is 5.91 Å². The summed E-state index contributed by atoms with van der Waals surface area (Å²) in [6.07, 6.45) is 1.59. The van der Waals surface area contributed by atoms with E-state index in [1.165, 1.54) is 24.7 Å². The third kappa shape index (κ3) is 4.23. The van der Waals surface area contributed by atoms with Crippen LogP contribution in [0.3, 0.4) is 0 Å². The summed E-state index contributed by atoms with van der Waals surface area (Å²) in [6.45, 7) is 1.87. The number of nitrogens with zero attached hydrogens (tertiary/aromatic N) is 2. The quantitative estimate of drug-likeness (QED) is 0.519. The lowest BCUT2D eigenvalue weighted by Gasteiger charge is -2.03. The van der Waals surface area contributed by atoms with Crippen molar-refractivity contribution >= 4 is 29.4 Å². The molecule has 1 amide bonds. The Morgan fingerprint density at radius 2 is 2.18 bits per heavy atom. The van der Waals surface area contributed by atoms with E-state index in [4.69, 9.17) is 4.74 Å². The van der Waals surface area contributed by atoms with Crippen LogP contribution >= 0.6 is 11.3 Å². The Kier molecular flexibility index (Phi) is 5.37. The fourth-order valence-corrected chi connectivity index (χ4v) is 2.51. The number of rotatable bonds is 5. The monoisotopic (exact) mass is 317 g/mol. The van der Waals surface area contributed by atoms with Gasteiger partial charge in [0.25, 0.3) is 0 Å². The number of esters is 1. The molecule has 0 bridgehead atoms. The van der Waals surface area contributed by atoms with E-state index in [1.54, 1.807) is 24.3 Å². The van der Waals surface area contributed by atoms with Crippen molar-refractivity contribution in [3.8, 4) is 0 Å². The summed E-state index contributed by atoms with van der Waals surface area (Å²) in [5.74, 6) is -0.715. The number of thiazole rings is 1. The fourth-order valence-electron chi connectivity index (χ4n) is 1.74. The van der Waals surface area contributed by atoms with Gasteiger partial charge in [0, 0.05) is 16.6 Å². The molecule has 1 aromatic heterocycles. The molecular formula is C15H15N3O3S. The number of hydrogen-bond acceptors (Lipinski definition) is 6. The van der Waals surface area contributed by atoms with E-state index in [-0.39, 0.29) is 12.3 Å². The molecule has 114 valence electrons. The van der Waals surface area contributed by atoms with Crippen LogP contribution in [0.2, 0.25) is 0 Å². The van der Waals surface area contributed by atoms with Crippen LogP contribution in [0.15, 0.2) is 34.7 Å². The van der Waals surface area contributed by atoms with Crippen LogP contribution in [0, 0.1) is 6.92 Å². The second-order valence-corrected chi connectivity index (χ2v) is 5.37. The molecule has 6 nitrogen and oxygen atoms in total. The zero-order valence-electron chi connectivity index (χ0n) is 12.2. The number of amides is 1. The molecule has 0 aliphatic heterocycles. The van der Waals surface area contributed by atoms with Crippen molar-refractivity contribution < 1.29 is 14.3 Å². The van der Waals surface area contributed by atoms with Crippen molar-refractivity contribution in [2.75, 3.05) is 7.11 Å². The van der Waals surface area contributed by atoms with Gasteiger partial charge in [-0.2, -0.15) is 5.10 Å². The first-order chi connectivity index (χ1) is 10.6. The normalized spacial score (nSPS) is 10.6. The van der Waals surface area contributed by atoms with Crippen LogP contribution in [0.4, 0.5) is 0 Å². The SMILES string of the molecule is COC(=O)c1ccccc1/C=N\NC(=O)Cc1nc(C)cs1. The van der Waals surface area contributed by atoms with E-state index in [2.05, 4.69) is 15.5 Å². The highest BCUT2D eigenvalue weighted by molar-refractivity contribution is 7.09. The van der Waals surface area contributed by atoms with Crippen molar-refractivity contribution in [1.82, 2.24) is 10.4 Å². The lowest BCUT2D eigenvalue weighted by Crippen LogP contribution is -2.20. The minimum absolute atomic E-state index is 0.175. The lowest BCUT2D eigenvalue weighted by molar-refractivity contribution is -0.120. The number of methoxy groups -OCH3 is 1. The molecule has 1 N–H and O–H groups in total. The molecule has 0 aliphatic rings. The summed E-state index contributed by atoms with van der Waals surface area (Å²) >= 11 is 1.43.